The van der Waals surface area contributed by atoms with Crippen LogP contribution in [0.5, 0.6) is 0 Å². The Bertz CT molecular complexity index is 323. The smallest absolute Gasteiger partial charge is 0.267 e. The summed E-state index contributed by atoms with van der Waals surface area (Å²) >= 11 is 0. The van der Waals surface area contributed by atoms with Gasteiger partial charge < -0.3 is 4.43 Å². The molecule has 76 valence electrons. The molecule has 0 amide bonds. The molecule has 1 aliphatic rings. The molecule has 0 radical (unpaired) electrons. The predicted octanol–water partition coefficient (Wildman–Crippen LogP) is 2.26. The highest BCUT2D eigenvalue weighted by molar-refractivity contribution is 7.45. The second kappa shape index (κ2) is 3.27. The first-order valence-electron chi connectivity index (χ1n) is 4.94. The first-order valence-corrected chi connectivity index (χ1v) is 11.1. The van der Waals surface area contributed by atoms with Crippen LogP contribution in [0.4, 0.5) is 0 Å². The van der Waals surface area contributed by atoms with Gasteiger partial charge in [0.05, 0.1) is 5.60 Å². The molecule has 1 heterocycles. The SMILES string of the molecule is C#C[Si]1(C)CCC(C)(C)O[Si]1(C)C#C. The summed E-state index contributed by atoms with van der Waals surface area (Å²) in [6.07, 6.45) is 12.3. The molecule has 0 N–H and O–H groups in total. The Morgan fingerprint density at radius 1 is 1.21 bits per heavy atom. The van der Waals surface area contributed by atoms with E-state index in [4.69, 9.17) is 17.3 Å². The first kappa shape index (κ1) is 11.6. The van der Waals surface area contributed by atoms with Crippen LogP contribution in [-0.2, 0) is 4.43 Å². The maximum atomic E-state index is 6.14. The monoisotopic (exact) mass is 222 g/mol. The van der Waals surface area contributed by atoms with E-state index >= 15 is 0 Å². The van der Waals surface area contributed by atoms with Crippen molar-refractivity contribution in [2.75, 3.05) is 0 Å². The molecule has 3 heteroatoms. The van der Waals surface area contributed by atoms with Gasteiger partial charge in [0.15, 0.2) is 7.59 Å². The highest BCUT2D eigenvalue weighted by Crippen LogP contribution is 2.37. The van der Waals surface area contributed by atoms with E-state index < -0.39 is 15.4 Å². The number of hydrogen-bond donors (Lipinski definition) is 0. The fourth-order valence-corrected chi connectivity index (χ4v) is 10.8. The molecule has 0 aliphatic carbocycles. The molecule has 2 unspecified atom stereocenters. The Balaban J connectivity index is 3.09. The molecule has 1 nitrogen and oxygen atoms in total. The minimum Gasteiger partial charge on any atom is -0.402 e. The molecular weight excluding hydrogens is 204 g/mol. The minimum atomic E-state index is -2.07. The van der Waals surface area contributed by atoms with Crippen LogP contribution >= 0.6 is 0 Å². The van der Waals surface area contributed by atoms with Crippen molar-refractivity contribution < 1.29 is 4.43 Å². The Kier molecular flexibility index (Phi) is 2.71. The van der Waals surface area contributed by atoms with Gasteiger partial charge in [0.25, 0.3) is 7.83 Å². The first-order chi connectivity index (χ1) is 6.29. The number of terminal acetylenes is 2. The lowest BCUT2D eigenvalue weighted by molar-refractivity contribution is 0.0964. The molecule has 1 fully saturated rings. The Morgan fingerprint density at radius 3 is 2.21 bits per heavy atom. The van der Waals surface area contributed by atoms with Crippen molar-refractivity contribution in [3.8, 4) is 23.9 Å². The predicted molar refractivity (Wildman–Crippen MR) is 65.5 cm³/mol. The molecule has 0 aromatic heterocycles. The van der Waals surface area contributed by atoms with E-state index in [9.17, 15) is 0 Å². The summed E-state index contributed by atoms with van der Waals surface area (Å²) in [5.41, 5.74) is 5.83. The Hall–Kier alpha value is -0.486. The Labute approximate surface area is 89.2 Å². The molecule has 0 spiro atoms. The maximum Gasteiger partial charge on any atom is 0.267 e. The van der Waals surface area contributed by atoms with Gasteiger partial charge in [-0.2, -0.15) is 0 Å². The standard InChI is InChI=1S/C11H18OSi2/c1-7-13(5)10-9-11(3,4)12-14(13,6)8-2/h1-2H,9-10H2,3-6H3. The molecule has 1 aliphatic heterocycles. The average molecular weight is 222 g/mol. The lowest BCUT2D eigenvalue weighted by Crippen LogP contribution is -2.66. The lowest BCUT2D eigenvalue weighted by Gasteiger charge is -2.47. The quantitative estimate of drug-likeness (QED) is 0.451. The van der Waals surface area contributed by atoms with Crippen LogP contribution in [0, 0.1) is 23.9 Å². The van der Waals surface area contributed by atoms with Crippen LogP contribution in [0.3, 0.4) is 0 Å². The van der Waals surface area contributed by atoms with Gasteiger partial charge in [-0.1, -0.05) is 6.55 Å². The second-order valence-electron chi connectivity index (χ2n) is 5.02. The molecule has 1 saturated heterocycles. The van der Waals surface area contributed by atoms with Gasteiger partial charge in [-0.25, -0.2) is 0 Å². The summed E-state index contributed by atoms with van der Waals surface area (Å²) in [6.45, 7) is 8.54. The van der Waals surface area contributed by atoms with E-state index in [1.807, 2.05) is 0 Å². The van der Waals surface area contributed by atoms with E-state index in [-0.39, 0.29) is 5.60 Å². The van der Waals surface area contributed by atoms with Crippen molar-refractivity contribution in [3.05, 3.63) is 0 Å². The number of rotatable bonds is 0. The Morgan fingerprint density at radius 2 is 1.79 bits per heavy atom. The highest BCUT2D eigenvalue weighted by atomic mass is 29.3. The van der Waals surface area contributed by atoms with Crippen molar-refractivity contribution in [1.82, 2.24) is 0 Å². The van der Waals surface area contributed by atoms with Crippen molar-refractivity contribution in [3.63, 3.8) is 0 Å². The highest BCUT2D eigenvalue weighted by Gasteiger charge is 2.55. The molecule has 2 atom stereocenters. The van der Waals surface area contributed by atoms with Gasteiger partial charge in [0.1, 0.15) is 0 Å². The third kappa shape index (κ3) is 1.68. The van der Waals surface area contributed by atoms with Gasteiger partial charge in [0.2, 0.25) is 0 Å². The van der Waals surface area contributed by atoms with Crippen LogP contribution in [-0.4, -0.2) is 21.0 Å². The van der Waals surface area contributed by atoms with Crippen molar-refractivity contribution in [2.24, 2.45) is 0 Å². The van der Waals surface area contributed by atoms with Crippen LogP contribution in [0.2, 0.25) is 19.1 Å². The summed E-state index contributed by atoms with van der Waals surface area (Å²) in [7, 11) is -3.81. The van der Waals surface area contributed by atoms with Gasteiger partial charge in [0, 0.05) is 0 Å². The third-order valence-electron chi connectivity index (χ3n) is 3.35. The molecule has 0 aromatic carbocycles. The van der Waals surface area contributed by atoms with E-state index in [1.165, 1.54) is 0 Å². The molecule has 0 aromatic rings. The topological polar surface area (TPSA) is 9.23 Å². The summed E-state index contributed by atoms with van der Waals surface area (Å²) in [5, 5.41) is 0. The van der Waals surface area contributed by atoms with Gasteiger partial charge >= 0.3 is 0 Å². The maximum absolute atomic E-state index is 6.14. The van der Waals surface area contributed by atoms with Crippen LogP contribution < -0.4 is 0 Å². The van der Waals surface area contributed by atoms with E-state index in [2.05, 4.69) is 38.0 Å². The molecular formula is C11H18OSi2. The zero-order valence-corrected chi connectivity index (χ0v) is 11.5. The van der Waals surface area contributed by atoms with Crippen LogP contribution in [0.25, 0.3) is 0 Å². The van der Waals surface area contributed by atoms with Crippen LogP contribution in [0.1, 0.15) is 20.3 Å². The minimum absolute atomic E-state index is 0.0727. The van der Waals surface area contributed by atoms with E-state index in [1.54, 1.807) is 0 Å². The summed E-state index contributed by atoms with van der Waals surface area (Å²) < 4.78 is 6.14. The normalized spacial score (nSPS) is 41.0. The number of hydrogen-bond acceptors (Lipinski definition) is 1. The molecule has 0 bridgehead atoms. The zero-order chi connectivity index (χ0) is 11.0. The lowest BCUT2D eigenvalue weighted by atomic mass is 10.1. The van der Waals surface area contributed by atoms with Crippen molar-refractivity contribution in [1.29, 1.82) is 0 Å². The van der Waals surface area contributed by atoms with Crippen molar-refractivity contribution >= 4 is 15.4 Å². The van der Waals surface area contributed by atoms with Gasteiger partial charge in [-0.15, -0.1) is 23.9 Å². The van der Waals surface area contributed by atoms with E-state index in [0.29, 0.717) is 0 Å². The second-order valence-corrected chi connectivity index (χ2v) is 17.2. The summed E-state index contributed by atoms with van der Waals surface area (Å²) in [6, 6.07) is 1.11. The fraction of sp³-hybridized carbons (Fsp3) is 0.636. The molecule has 0 saturated carbocycles. The molecule has 1 rings (SSSR count). The average Bonchev–Trinajstić information content (AvgIpc) is 2.12. The molecule has 14 heavy (non-hydrogen) atoms. The summed E-state index contributed by atoms with van der Waals surface area (Å²) in [4.78, 5) is 0. The van der Waals surface area contributed by atoms with Crippen LogP contribution in [0.15, 0.2) is 0 Å². The summed E-state index contributed by atoms with van der Waals surface area (Å²) in [5.74, 6) is 0. The van der Waals surface area contributed by atoms with E-state index in [0.717, 1.165) is 12.5 Å². The van der Waals surface area contributed by atoms with Gasteiger partial charge in [-0.3, -0.25) is 0 Å². The fourth-order valence-electron chi connectivity index (χ4n) is 1.90. The van der Waals surface area contributed by atoms with Crippen molar-refractivity contribution in [2.45, 2.75) is 45.0 Å². The van der Waals surface area contributed by atoms with Gasteiger partial charge in [-0.05, 0) is 32.9 Å². The largest absolute Gasteiger partial charge is 0.402 e. The third-order valence-corrected chi connectivity index (χ3v) is 17.1. The zero-order valence-electron chi connectivity index (χ0n) is 9.48.